The highest BCUT2D eigenvalue weighted by Crippen LogP contribution is 2.20. The molecule has 0 bridgehead atoms. The number of nitrogens with zero attached hydrogens (tertiary/aromatic N) is 3. The summed E-state index contributed by atoms with van der Waals surface area (Å²) in [5.41, 5.74) is 3.12. The third-order valence-electron chi connectivity index (χ3n) is 4.22. The van der Waals surface area contributed by atoms with Gasteiger partial charge in [-0.25, -0.2) is 4.68 Å². The zero-order valence-corrected chi connectivity index (χ0v) is 16.5. The second-order valence-electron chi connectivity index (χ2n) is 6.42. The first-order valence-corrected chi connectivity index (χ1v) is 9.09. The predicted octanol–water partition coefficient (Wildman–Crippen LogP) is 3.68. The van der Waals surface area contributed by atoms with Gasteiger partial charge in [0, 0.05) is 17.6 Å². The summed E-state index contributed by atoms with van der Waals surface area (Å²) < 4.78 is 1.57. The number of carbonyl (C=O) groups is 2. The van der Waals surface area contributed by atoms with Crippen LogP contribution in [0.5, 0.6) is 0 Å². The van der Waals surface area contributed by atoms with E-state index in [2.05, 4.69) is 20.9 Å². The first-order chi connectivity index (χ1) is 13.3. The molecule has 2 N–H and O–H groups in total. The first-order valence-electron chi connectivity index (χ1n) is 8.72. The summed E-state index contributed by atoms with van der Waals surface area (Å²) in [7, 11) is 0. The number of benzene rings is 2. The van der Waals surface area contributed by atoms with Gasteiger partial charge in [0.05, 0.1) is 17.4 Å². The van der Waals surface area contributed by atoms with Crippen molar-refractivity contribution in [3.8, 4) is 5.69 Å². The molecule has 0 aliphatic heterocycles. The number of amides is 2. The van der Waals surface area contributed by atoms with Crippen LogP contribution < -0.4 is 10.6 Å². The van der Waals surface area contributed by atoms with E-state index in [9.17, 15) is 9.59 Å². The van der Waals surface area contributed by atoms with Crippen molar-refractivity contribution in [1.29, 1.82) is 0 Å². The lowest BCUT2D eigenvalue weighted by Crippen LogP contribution is -2.27. The predicted molar refractivity (Wildman–Crippen MR) is 108 cm³/mol. The highest BCUT2D eigenvalue weighted by Gasteiger charge is 2.19. The minimum absolute atomic E-state index is 0.151. The van der Waals surface area contributed by atoms with Gasteiger partial charge in [-0.15, -0.1) is 5.10 Å². The fraction of sp³-hybridized carbons (Fsp3) is 0.200. The molecule has 0 saturated heterocycles. The van der Waals surface area contributed by atoms with Gasteiger partial charge in [-0.3, -0.25) is 9.59 Å². The van der Waals surface area contributed by atoms with Crippen LogP contribution in [0.4, 0.5) is 5.69 Å². The van der Waals surface area contributed by atoms with Gasteiger partial charge in [0.15, 0.2) is 5.69 Å². The third-order valence-corrected chi connectivity index (χ3v) is 4.45. The van der Waals surface area contributed by atoms with Crippen molar-refractivity contribution in [3.05, 3.63) is 70.5 Å². The Morgan fingerprint density at radius 1 is 1.14 bits per heavy atom. The molecule has 2 amide bonds. The van der Waals surface area contributed by atoms with Crippen LogP contribution in [0.25, 0.3) is 5.69 Å². The molecule has 1 aromatic heterocycles. The standard InChI is InChI=1S/C20H20ClN5O2/c1-12(15-6-4-8-17(10-15)23-14(3)27)22-20(28)19-13(2)26(25-24-19)18-9-5-7-16(21)11-18/h4-12H,1-3H3,(H,22,28)(H,23,27)/t12-/m1/s1. The number of rotatable bonds is 5. The normalized spacial score (nSPS) is 11.7. The average molecular weight is 398 g/mol. The molecule has 1 atom stereocenters. The van der Waals surface area contributed by atoms with Crippen molar-refractivity contribution in [2.24, 2.45) is 0 Å². The molecule has 3 rings (SSSR count). The zero-order chi connectivity index (χ0) is 20.3. The van der Waals surface area contributed by atoms with Gasteiger partial charge >= 0.3 is 0 Å². The molecule has 0 fully saturated rings. The molecule has 8 heteroatoms. The summed E-state index contributed by atoms with van der Waals surface area (Å²) in [6, 6.07) is 14.2. The summed E-state index contributed by atoms with van der Waals surface area (Å²) in [6.45, 7) is 5.09. The first kappa shape index (κ1) is 19.6. The molecule has 0 saturated carbocycles. The van der Waals surface area contributed by atoms with Crippen molar-refractivity contribution in [1.82, 2.24) is 20.3 Å². The summed E-state index contributed by atoms with van der Waals surface area (Å²) in [4.78, 5) is 23.9. The monoisotopic (exact) mass is 397 g/mol. The van der Waals surface area contributed by atoms with Crippen LogP contribution in [0.2, 0.25) is 5.02 Å². The van der Waals surface area contributed by atoms with Gasteiger partial charge in [-0.05, 0) is 49.7 Å². The van der Waals surface area contributed by atoms with Gasteiger partial charge < -0.3 is 10.6 Å². The van der Waals surface area contributed by atoms with E-state index in [0.29, 0.717) is 16.4 Å². The average Bonchev–Trinajstić information content (AvgIpc) is 3.03. The van der Waals surface area contributed by atoms with E-state index < -0.39 is 0 Å². The molecule has 0 radical (unpaired) electrons. The zero-order valence-electron chi connectivity index (χ0n) is 15.7. The fourth-order valence-electron chi connectivity index (χ4n) is 2.83. The van der Waals surface area contributed by atoms with Crippen LogP contribution >= 0.6 is 11.6 Å². The lowest BCUT2D eigenvalue weighted by molar-refractivity contribution is -0.114. The third kappa shape index (κ3) is 4.37. The van der Waals surface area contributed by atoms with Gasteiger partial charge in [0.1, 0.15) is 0 Å². The molecule has 0 aliphatic rings. The van der Waals surface area contributed by atoms with E-state index in [1.54, 1.807) is 29.8 Å². The summed E-state index contributed by atoms with van der Waals surface area (Å²) in [6.07, 6.45) is 0. The van der Waals surface area contributed by atoms with Gasteiger partial charge in [0.25, 0.3) is 5.91 Å². The molecular formula is C20H20ClN5O2. The van der Waals surface area contributed by atoms with Crippen LogP contribution in [0.15, 0.2) is 48.5 Å². The van der Waals surface area contributed by atoms with Crippen molar-refractivity contribution >= 4 is 29.1 Å². The van der Waals surface area contributed by atoms with E-state index in [-0.39, 0.29) is 23.6 Å². The quantitative estimate of drug-likeness (QED) is 0.687. The maximum atomic E-state index is 12.7. The fourth-order valence-corrected chi connectivity index (χ4v) is 3.01. The number of hydrogen-bond acceptors (Lipinski definition) is 4. The molecule has 0 spiro atoms. The Hall–Kier alpha value is -3.19. The highest BCUT2D eigenvalue weighted by molar-refractivity contribution is 6.30. The molecule has 144 valence electrons. The minimum atomic E-state index is -0.330. The summed E-state index contributed by atoms with van der Waals surface area (Å²) in [5.74, 6) is -0.481. The van der Waals surface area contributed by atoms with Crippen LogP contribution in [0.1, 0.15) is 41.6 Å². The van der Waals surface area contributed by atoms with Crippen molar-refractivity contribution < 1.29 is 9.59 Å². The Balaban J connectivity index is 1.77. The van der Waals surface area contributed by atoms with Crippen molar-refractivity contribution in [2.75, 3.05) is 5.32 Å². The van der Waals surface area contributed by atoms with E-state index in [4.69, 9.17) is 11.6 Å². The van der Waals surface area contributed by atoms with Crippen LogP contribution in [0, 0.1) is 6.92 Å². The van der Waals surface area contributed by atoms with Crippen molar-refractivity contribution in [2.45, 2.75) is 26.8 Å². The Morgan fingerprint density at radius 2 is 1.89 bits per heavy atom. The second-order valence-corrected chi connectivity index (χ2v) is 6.85. The Kier molecular flexibility index (Phi) is 5.75. The molecule has 3 aromatic rings. The molecule has 0 unspecified atom stereocenters. The molecule has 1 heterocycles. The van der Waals surface area contributed by atoms with Crippen LogP contribution in [0.3, 0.4) is 0 Å². The second kappa shape index (κ2) is 8.22. The number of halogens is 1. The van der Waals surface area contributed by atoms with Crippen LogP contribution in [-0.4, -0.2) is 26.8 Å². The largest absolute Gasteiger partial charge is 0.344 e. The Morgan fingerprint density at radius 3 is 2.61 bits per heavy atom. The van der Waals surface area contributed by atoms with E-state index in [1.807, 2.05) is 37.3 Å². The molecular weight excluding hydrogens is 378 g/mol. The van der Waals surface area contributed by atoms with Crippen molar-refractivity contribution in [3.63, 3.8) is 0 Å². The number of aromatic nitrogens is 3. The van der Waals surface area contributed by atoms with E-state index >= 15 is 0 Å². The Bertz CT molecular complexity index is 1030. The summed E-state index contributed by atoms with van der Waals surface area (Å²) >= 11 is 6.03. The minimum Gasteiger partial charge on any atom is -0.344 e. The number of hydrogen-bond donors (Lipinski definition) is 2. The SMILES string of the molecule is CC(=O)Nc1cccc([C@@H](C)NC(=O)c2nnn(-c3cccc(Cl)c3)c2C)c1. The molecule has 28 heavy (non-hydrogen) atoms. The molecule has 2 aromatic carbocycles. The molecule has 0 aliphatic carbocycles. The summed E-state index contributed by atoms with van der Waals surface area (Å²) in [5, 5.41) is 14.3. The number of carbonyl (C=O) groups excluding carboxylic acids is 2. The lowest BCUT2D eigenvalue weighted by atomic mass is 10.1. The lowest BCUT2D eigenvalue weighted by Gasteiger charge is -2.15. The van der Waals surface area contributed by atoms with Crippen LogP contribution in [-0.2, 0) is 4.79 Å². The van der Waals surface area contributed by atoms with Gasteiger partial charge in [0.2, 0.25) is 5.91 Å². The topological polar surface area (TPSA) is 88.9 Å². The molecule has 7 nitrogen and oxygen atoms in total. The number of anilines is 1. The smallest absolute Gasteiger partial charge is 0.274 e. The highest BCUT2D eigenvalue weighted by atomic mass is 35.5. The maximum Gasteiger partial charge on any atom is 0.274 e. The van der Waals surface area contributed by atoms with Gasteiger partial charge in [-0.2, -0.15) is 0 Å². The number of nitrogens with one attached hydrogen (secondary N) is 2. The van der Waals surface area contributed by atoms with E-state index in [0.717, 1.165) is 11.3 Å². The van der Waals surface area contributed by atoms with Gasteiger partial charge in [-0.1, -0.05) is 35.0 Å². The maximum absolute atomic E-state index is 12.7. The Labute approximate surface area is 167 Å². The van der Waals surface area contributed by atoms with E-state index in [1.165, 1.54) is 6.92 Å².